The van der Waals surface area contributed by atoms with Crippen LogP contribution in [0, 0.1) is 0 Å². The molecule has 266 valence electrons. The minimum atomic E-state index is -4.50. The van der Waals surface area contributed by atoms with Gasteiger partial charge in [0, 0.05) is 31.6 Å². The fourth-order valence-electron chi connectivity index (χ4n) is 5.42. The number of sulfonamides is 1. The predicted molar refractivity (Wildman–Crippen MR) is 190 cm³/mol. The summed E-state index contributed by atoms with van der Waals surface area (Å²) in [6, 6.07) is 24.2. The first-order valence-electron chi connectivity index (χ1n) is 15.8. The largest absolute Gasteiger partial charge is 0.497 e. The van der Waals surface area contributed by atoms with Crippen molar-refractivity contribution in [2.24, 2.45) is 0 Å². The summed E-state index contributed by atoms with van der Waals surface area (Å²) in [5.74, 6) is 0.533. The summed E-state index contributed by atoms with van der Waals surface area (Å²) >= 11 is 0. The Hall–Kier alpha value is -5.43. The summed E-state index contributed by atoms with van der Waals surface area (Å²) in [6.45, 7) is 1.39. The first kappa shape index (κ1) is 37.4. The number of methoxy groups -OCH3 is 5. The van der Waals surface area contributed by atoms with Gasteiger partial charge in [-0.25, -0.2) is 8.42 Å². The maximum Gasteiger partial charge on any atom is 0.265 e. The molecule has 0 aliphatic heterocycles. The van der Waals surface area contributed by atoms with E-state index in [9.17, 15) is 18.0 Å². The Morgan fingerprint density at radius 2 is 1.34 bits per heavy atom. The molecule has 0 aromatic heterocycles. The fraction of sp³-hybridized carbons (Fsp3) is 0.297. The lowest BCUT2D eigenvalue weighted by atomic mass is 10.0. The van der Waals surface area contributed by atoms with E-state index in [0.717, 1.165) is 9.87 Å². The Labute approximate surface area is 293 Å². The van der Waals surface area contributed by atoms with Gasteiger partial charge in [-0.05, 0) is 54.4 Å². The summed E-state index contributed by atoms with van der Waals surface area (Å²) in [7, 11) is 2.71. The van der Waals surface area contributed by atoms with Crippen molar-refractivity contribution >= 4 is 27.5 Å². The molecule has 50 heavy (non-hydrogen) atoms. The summed E-state index contributed by atoms with van der Waals surface area (Å²) < 4.78 is 57.4. The highest BCUT2D eigenvalue weighted by Gasteiger charge is 2.36. The Morgan fingerprint density at radius 1 is 0.700 bits per heavy atom. The molecule has 2 amide bonds. The van der Waals surface area contributed by atoms with Gasteiger partial charge in [0.1, 0.15) is 29.8 Å². The Bertz CT molecular complexity index is 1870. The van der Waals surface area contributed by atoms with E-state index in [0.29, 0.717) is 29.4 Å². The molecule has 0 fully saturated rings. The number of carbonyl (C=O) groups excluding carboxylic acids is 2. The zero-order chi connectivity index (χ0) is 36.3. The van der Waals surface area contributed by atoms with Crippen LogP contribution in [0.25, 0.3) is 0 Å². The minimum absolute atomic E-state index is 0.0237. The standard InChI is InChI=1S/C37H43N3O9S/c1-7-38-37(42)32(21-26-12-9-8-10-13-26)39(24-27-14-11-15-28(20-27)45-2)36(41)25-40(31-22-29(46-3)16-18-33(31)47-4)50(43,44)30-17-19-34(48-5)35(23-30)49-6/h8-20,22-23,32H,7,21,24-25H2,1-6H3,(H,38,42)/t32-/m0/s1. The van der Waals surface area contributed by atoms with Crippen molar-refractivity contribution in [2.75, 3.05) is 52.9 Å². The van der Waals surface area contributed by atoms with Gasteiger partial charge in [0.05, 0.1) is 46.1 Å². The van der Waals surface area contributed by atoms with Gasteiger partial charge in [-0.15, -0.1) is 0 Å². The van der Waals surface area contributed by atoms with E-state index in [2.05, 4.69) is 5.32 Å². The van der Waals surface area contributed by atoms with Crippen molar-refractivity contribution in [3.8, 4) is 28.7 Å². The normalized spacial score (nSPS) is 11.6. The third-order valence-electron chi connectivity index (χ3n) is 7.99. The molecule has 1 N–H and O–H groups in total. The maximum absolute atomic E-state index is 14.8. The van der Waals surface area contributed by atoms with Crippen LogP contribution in [-0.2, 0) is 32.6 Å². The molecule has 12 nitrogen and oxygen atoms in total. The van der Waals surface area contributed by atoms with Crippen LogP contribution in [0.4, 0.5) is 5.69 Å². The van der Waals surface area contributed by atoms with Crippen LogP contribution in [0.3, 0.4) is 0 Å². The van der Waals surface area contributed by atoms with Gasteiger partial charge in [0.25, 0.3) is 10.0 Å². The lowest BCUT2D eigenvalue weighted by Crippen LogP contribution is -2.53. The van der Waals surface area contributed by atoms with E-state index < -0.39 is 28.5 Å². The van der Waals surface area contributed by atoms with Crippen LogP contribution in [0.5, 0.6) is 28.7 Å². The van der Waals surface area contributed by atoms with Crippen molar-refractivity contribution in [1.29, 1.82) is 0 Å². The number of amides is 2. The fourth-order valence-corrected chi connectivity index (χ4v) is 6.86. The van der Waals surface area contributed by atoms with Crippen molar-refractivity contribution in [3.05, 3.63) is 102 Å². The summed E-state index contributed by atoms with van der Waals surface area (Å²) in [4.78, 5) is 29.8. The van der Waals surface area contributed by atoms with Gasteiger partial charge in [-0.1, -0.05) is 42.5 Å². The number of hydrogen-bond donors (Lipinski definition) is 1. The molecule has 0 aliphatic carbocycles. The molecule has 0 saturated heterocycles. The van der Waals surface area contributed by atoms with E-state index in [1.54, 1.807) is 37.3 Å². The molecule has 13 heteroatoms. The van der Waals surface area contributed by atoms with Crippen LogP contribution < -0.4 is 33.3 Å². The number of hydrogen-bond acceptors (Lipinski definition) is 9. The minimum Gasteiger partial charge on any atom is -0.497 e. The zero-order valence-corrected chi connectivity index (χ0v) is 29.9. The number of benzene rings is 4. The van der Waals surface area contributed by atoms with Gasteiger partial charge in [-0.2, -0.15) is 0 Å². The summed E-state index contributed by atoms with van der Waals surface area (Å²) in [5.41, 5.74) is 1.54. The molecule has 0 radical (unpaired) electrons. The summed E-state index contributed by atoms with van der Waals surface area (Å²) in [5, 5.41) is 2.86. The van der Waals surface area contributed by atoms with Gasteiger partial charge in [0.2, 0.25) is 11.8 Å². The predicted octanol–water partition coefficient (Wildman–Crippen LogP) is 4.70. The molecule has 0 unspecified atom stereocenters. The molecular weight excluding hydrogens is 662 g/mol. The Morgan fingerprint density at radius 3 is 1.98 bits per heavy atom. The van der Waals surface area contributed by atoms with Crippen molar-refractivity contribution in [2.45, 2.75) is 30.8 Å². The molecule has 0 spiro atoms. The van der Waals surface area contributed by atoms with Gasteiger partial charge in [0.15, 0.2) is 11.5 Å². The average molecular weight is 706 g/mol. The SMILES string of the molecule is CCNC(=O)[C@H](Cc1ccccc1)N(Cc1cccc(OC)c1)C(=O)CN(c1cc(OC)ccc1OC)S(=O)(=O)c1ccc(OC)c(OC)c1. The smallest absolute Gasteiger partial charge is 0.265 e. The highest BCUT2D eigenvalue weighted by atomic mass is 32.2. The monoisotopic (exact) mass is 705 g/mol. The lowest BCUT2D eigenvalue weighted by Gasteiger charge is -2.34. The van der Waals surface area contributed by atoms with Crippen molar-refractivity contribution in [1.82, 2.24) is 10.2 Å². The first-order valence-corrected chi connectivity index (χ1v) is 17.2. The number of rotatable bonds is 17. The van der Waals surface area contributed by atoms with E-state index in [-0.39, 0.29) is 41.0 Å². The molecule has 1 atom stereocenters. The highest BCUT2D eigenvalue weighted by Crippen LogP contribution is 2.38. The molecule has 4 rings (SSSR count). The molecule has 4 aromatic rings. The van der Waals surface area contributed by atoms with Gasteiger partial charge < -0.3 is 33.9 Å². The van der Waals surface area contributed by atoms with Crippen LogP contribution in [0.2, 0.25) is 0 Å². The number of likely N-dealkylation sites (N-methyl/N-ethyl adjacent to an activating group) is 1. The first-order chi connectivity index (χ1) is 24.1. The molecular formula is C37H43N3O9S. The molecule has 0 heterocycles. The number of carbonyl (C=O) groups is 2. The number of nitrogens with zero attached hydrogens (tertiary/aromatic N) is 2. The van der Waals surface area contributed by atoms with Crippen molar-refractivity contribution < 1.29 is 41.7 Å². The highest BCUT2D eigenvalue weighted by molar-refractivity contribution is 7.92. The third kappa shape index (κ3) is 8.77. The number of nitrogens with one attached hydrogen (secondary N) is 1. The van der Waals surface area contributed by atoms with E-state index >= 15 is 0 Å². The van der Waals surface area contributed by atoms with E-state index in [4.69, 9.17) is 23.7 Å². The second-order valence-corrected chi connectivity index (χ2v) is 12.9. The lowest BCUT2D eigenvalue weighted by molar-refractivity contribution is -0.140. The second-order valence-electron chi connectivity index (χ2n) is 11.0. The van der Waals surface area contributed by atoms with E-state index in [1.165, 1.54) is 64.7 Å². The van der Waals surface area contributed by atoms with E-state index in [1.807, 2.05) is 36.4 Å². The van der Waals surface area contributed by atoms with Crippen LogP contribution in [0.15, 0.2) is 95.9 Å². The average Bonchev–Trinajstić information content (AvgIpc) is 3.14. The Kier molecular flexibility index (Phi) is 12.9. The van der Waals surface area contributed by atoms with Crippen LogP contribution >= 0.6 is 0 Å². The quantitative estimate of drug-likeness (QED) is 0.166. The molecule has 0 saturated carbocycles. The molecule has 4 aromatic carbocycles. The van der Waals surface area contributed by atoms with Crippen molar-refractivity contribution in [3.63, 3.8) is 0 Å². The van der Waals surface area contributed by atoms with Gasteiger partial charge >= 0.3 is 0 Å². The third-order valence-corrected chi connectivity index (χ3v) is 9.74. The summed E-state index contributed by atoms with van der Waals surface area (Å²) in [6.07, 6.45) is 0.174. The second kappa shape index (κ2) is 17.3. The topological polar surface area (TPSA) is 133 Å². The number of ether oxygens (including phenoxy) is 5. The van der Waals surface area contributed by atoms with Crippen LogP contribution in [0.1, 0.15) is 18.1 Å². The Balaban J connectivity index is 1.90. The van der Waals surface area contributed by atoms with Gasteiger partial charge in [-0.3, -0.25) is 13.9 Å². The molecule has 0 bridgehead atoms. The number of anilines is 1. The van der Waals surface area contributed by atoms with Crippen LogP contribution in [-0.4, -0.2) is 79.8 Å². The maximum atomic E-state index is 14.8. The molecule has 0 aliphatic rings. The zero-order valence-electron chi connectivity index (χ0n) is 29.0.